The van der Waals surface area contributed by atoms with E-state index in [0.717, 1.165) is 12.1 Å². The number of hydrogen-bond donors (Lipinski definition) is 1. The Bertz CT molecular complexity index is 698. The third kappa shape index (κ3) is 2.47. The van der Waals surface area contributed by atoms with Crippen LogP contribution < -0.4 is 14.8 Å². The monoisotopic (exact) mass is 292 g/mol. The molecule has 0 aliphatic carbocycles. The number of benzene rings is 1. The molecule has 1 N–H and O–H groups in total. The molecule has 3 rings (SSSR count). The molecule has 0 saturated heterocycles. The molecule has 0 unspecified atom stereocenters. The highest BCUT2D eigenvalue weighted by Crippen LogP contribution is 2.36. The van der Waals surface area contributed by atoms with Gasteiger partial charge in [-0.1, -0.05) is 0 Å². The predicted octanol–water partition coefficient (Wildman–Crippen LogP) is 2.60. The Morgan fingerprint density at radius 1 is 1.24 bits per heavy atom. The predicted molar refractivity (Wildman–Crippen MR) is 71.9 cm³/mol. The normalized spacial score (nSPS) is 12.5. The Labute approximate surface area is 118 Å². The van der Waals surface area contributed by atoms with Gasteiger partial charge in [0.25, 0.3) is 0 Å². The van der Waals surface area contributed by atoms with E-state index in [0.29, 0.717) is 5.82 Å². The summed E-state index contributed by atoms with van der Waals surface area (Å²) in [6.45, 7) is 0.239. The average Bonchev–Trinajstić information content (AvgIpc) is 2.50. The van der Waals surface area contributed by atoms with Gasteiger partial charge in [0.1, 0.15) is 24.4 Å². The van der Waals surface area contributed by atoms with E-state index in [1.165, 1.54) is 19.7 Å². The van der Waals surface area contributed by atoms with Crippen molar-refractivity contribution < 1.29 is 18.3 Å². The molecule has 8 heteroatoms. The molecule has 1 aromatic heterocycles. The van der Waals surface area contributed by atoms with Crippen LogP contribution in [0, 0.1) is 11.6 Å². The fraction of sp³-hybridized carbons (Fsp3) is 0.154. The quantitative estimate of drug-likeness (QED) is 0.941. The summed E-state index contributed by atoms with van der Waals surface area (Å²) in [5.41, 5.74) is -0.352. The summed E-state index contributed by atoms with van der Waals surface area (Å²) >= 11 is 0. The van der Waals surface area contributed by atoms with Gasteiger partial charge in [-0.3, -0.25) is 0 Å². The van der Waals surface area contributed by atoms with Gasteiger partial charge in [-0.15, -0.1) is 0 Å². The third-order valence-electron chi connectivity index (χ3n) is 2.80. The lowest BCUT2D eigenvalue weighted by atomic mass is 10.2. The molecule has 1 aliphatic heterocycles. The molecule has 1 aromatic carbocycles. The van der Waals surface area contributed by atoms with Gasteiger partial charge in [-0.25, -0.2) is 23.7 Å². The van der Waals surface area contributed by atoms with Crippen molar-refractivity contribution in [2.45, 2.75) is 0 Å². The lowest BCUT2D eigenvalue weighted by molar-refractivity contribution is 0.375. The van der Waals surface area contributed by atoms with Crippen molar-refractivity contribution in [3.63, 3.8) is 0 Å². The summed E-state index contributed by atoms with van der Waals surface area (Å²) in [6, 6.07) is 2.14. The second kappa shape index (κ2) is 5.31. The number of hydrogen-bond acceptors (Lipinski definition) is 6. The molecule has 2 heterocycles. The van der Waals surface area contributed by atoms with Gasteiger partial charge in [0.15, 0.2) is 23.3 Å². The maximum absolute atomic E-state index is 13.9. The van der Waals surface area contributed by atoms with Crippen LogP contribution in [-0.4, -0.2) is 29.9 Å². The molecule has 6 nitrogen and oxygen atoms in total. The van der Waals surface area contributed by atoms with Gasteiger partial charge < -0.3 is 14.8 Å². The van der Waals surface area contributed by atoms with Crippen molar-refractivity contribution in [2.75, 3.05) is 19.0 Å². The van der Waals surface area contributed by atoms with Crippen LogP contribution in [0.4, 0.5) is 26.1 Å². The number of fused-ring (bicyclic) bond motifs is 1. The Kier molecular flexibility index (Phi) is 3.35. The number of rotatable bonds is 3. The first kappa shape index (κ1) is 13.2. The molecule has 0 spiro atoms. The Morgan fingerprint density at radius 2 is 2.00 bits per heavy atom. The Hall–Kier alpha value is -2.77. The maximum atomic E-state index is 13.9. The zero-order valence-corrected chi connectivity index (χ0v) is 10.9. The molecule has 0 atom stereocenters. The standard InChI is InChI=1S/C13H10F2N4O2/c1-20-7-4-8(14)10(9(15)5-7)19-13-11-12(17-6-18-13)16-2-3-21-11/h2,4-6H,3H2,1H3,(H,17,18,19). The number of halogens is 2. The Morgan fingerprint density at radius 3 is 2.71 bits per heavy atom. The van der Waals surface area contributed by atoms with Crippen LogP contribution in [0.3, 0.4) is 0 Å². The number of nitrogens with zero attached hydrogens (tertiary/aromatic N) is 3. The minimum atomic E-state index is -0.807. The summed E-state index contributed by atoms with van der Waals surface area (Å²) in [7, 11) is 1.33. The highest BCUT2D eigenvalue weighted by Gasteiger charge is 2.19. The maximum Gasteiger partial charge on any atom is 0.207 e. The molecule has 0 amide bonds. The smallest absolute Gasteiger partial charge is 0.207 e. The van der Waals surface area contributed by atoms with Crippen LogP contribution in [-0.2, 0) is 0 Å². The first-order chi connectivity index (χ1) is 10.2. The molecule has 21 heavy (non-hydrogen) atoms. The van der Waals surface area contributed by atoms with E-state index in [2.05, 4.69) is 20.3 Å². The van der Waals surface area contributed by atoms with E-state index >= 15 is 0 Å². The SMILES string of the molecule is COc1cc(F)c(Nc2ncnc3c2OCC=N3)c(F)c1. The summed E-state index contributed by atoms with van der Waals surface area (Å²) in [5, 5.41) is 2.56. The highest BCUT2D eigenvalue weighted by atomic mass is 19.1. The lowest BCUT2D eigenvalue weighted by Gasteiger charge is -2.15. The summed E-state index contributed by atoms with van der Waals surface area (Å²) in [4.78, 5) is 11.9. The second-order valence-corrected chi connectivity index (χ2v) is 4.09. The molecular weight excluding hydrogens is 282 g/mol. The molecular formula is C13H10F2N4O2. The number of anilines is 2. The fourth-order valence-electron chi connectivity index (χ4n) is 1.83. The third-order valence-corrected chi connectivity index (χ3v) is 2.80. The highest BCUT2D eigenvalue weighted by molar-refractivity contribution is 5.75. The van der Waals surface area contributed by atoms with Crippen molar-refractivity contribution in [3.8, 4) is 11.5 Å². The number of methoxy groups -OCH3 is 1. The largest absolute Gasteiger partial charge is 0.497 e. The zero-order chi connectivity index (χ0) is 14.8. The van der Waals surface area contributed by atoms with Crippen molar-refractivity contribution in [1.82, 2.24) is 9.97 Å². The second-order valence-electron chi connectivity index (χ2n) is 4.09. The van der Waals surface area contributed by atoms with Crippen molar-refractivity contribution in [3.05, 3.63) is 30.1 Å². The molecule has 0 fully saturated rings. The van der Waals surface area contributed by atoms with E-state index in [9.17, 15) is 8.78 Å². The summed E-state index contributed by atoms with van der Waals surface area (Å²) < 4.78 is 38.0. The zero-order valence-electron chi connectivity index (χ0n) is 10.9. The van der Waals surface area contributed by atoms with E-state index in [1.807, 2.05) is 0 Å². The molecule has 0 saturated carbocycles. The molecule has 2 aromatic rings. The topological polar surface area (TPSA) is 68.6 Å². The lowest BCUT2D eigenvalue weighted by Crippen LogP contribution is -2.09. The van der Waals surface area contributed by atoms with Crippen LogP contribution in [0.15, 0.2) is 23.5 Å². The van der Waals surface area contributed by atoms with Gasteiger partial charge >= 0.3 is 0 Å². The molecule has 0 bridgehead atoms. The number of ether oxygens (including phenoxy) is 2. The van der Waals surface area contributed by atoms with Crippen LogP contribution in [0.2, 0.25) is 0 Å². The number of aliphatic imine (C=N–C) groups is 1. The summed E-state index contributed by atoms with van der Waals surface area (Å²) in [5.74, 6) is -0.847. The van der Waals surface area contributed by atoms with Crippen LogP contribution >= 0.6 is 0 Å². The number of nitrogens with one attached hydrogen (secondary N) is 1. The van der Waals surface area contributed by atoms with Crippen LogP contribution in [0.25, 0.3) is 0 Å². The summed E-state index contributed by atoms with van der Waals surface area (Å²) in [6.07, 6.45) is 2.76. The number of aromatic nitrogens is 2. The van der Waals surface area contributed by atoms with E-state index in [1.54, 1.807) is 0 Å². The van der Waals surface area contributed by atoms with Gasteiger partial charge in [0.2, 0.25) is 5.75 Å². The van der Waals surface area contributed by atoms with Gasteiger partial charge in [-0.05, 0) is 0 Å². The van der Waals surface area contributed by atoms with E-state index < -0.39 is 11.6 Å². The van der Waals surface area contributed by atoms with Gasteiger partial charge in [-0.2, -0.15) is 0 Å². The first-order valence-corrected chi connectivity index (χ1v) is 5.99. The van der Waals surface area contributed by atoms with Gasteiger partial charge in [0.05, 0.1) is 7.11 Å². The first-order valence-electron chi connectivity index (χ1n) is 5.99. The van der Waals surface area contributed by atoms with Crippen LogP contribution in [0.5, 0.6) is 11.5 Å². The fourth-order valence-corrected chi connectivity index (χ4v) is 1.83. The van der Waals surface area contributed by atoms with Gasteiger partial charge in [0, 0.05) is 18.3 Å². The van der Waals surface area contributed by atoms with Crippen molar-refractivity contribution in [1.29, 1.82) is 0 Å². The minimum absolute atomic E-state index is 0.0844. The molecule has 1 aliphatic rings. The minimum Gasteiger partial charge on any atom is -0.497 e. The van der Waals surface area contributed by atoms with Crippen molar-refractivity contribution in [2.24, 2.45) is 4.99 Å². The van der Waals surface area contributed by atoms with Crippen LogP contribution in [0.1, 0.15) is 0 Å². The van der Waals surface area contributed by atoms with E-state index in [4.69, 9.17) is 9.47 Å². The molecule has 108 valence electrons. The van der Waals surface area contributed by atoms with E-state index in [-0.39, 0.29) is 29.6 Å². The van der Waals surface area contributed by atoms with Crippen molar-refractivity contribution >= 4 is 23.5 Å². The molecule has 0 radical (unpaired) electrons. The Balaban J connectivity index is 2.00. The average molecular weight is 292 g/mol.